The molecule has 0 spiro atoms. The zero-order valence-corrected chi connectivity index (χ0v) is 15.6. The number of methoxy groups -OCH3 is 3. The largest absolute Gasteiger partial charge is 0.493 e. The van der Waals surface area contributed by atoms with Crippen molar-refractivity contribution in [3.8, 4) is 17.2 Å². The van der Waals surface area contributed by atoms with Gasteiger partial charge in [0.15, 0.2) is 11.5 Å². The SMILES string of the molecule is COc1cc([C@@H]2[C@@H](C(=O)O)c3ccccc3C(=O)N2C)cc(OC)c1OC. The van der Waals surface area contributed by atoms with E-state index in [1.807, 2.05) is 0 Å². The van der Waals surface area contributed by atoms with Crippen molar-refractivity contribution in [1.29, 1.82) is 0 Å². The van der Waals surface area contributed by atoms with Crippen LogP contribution >= 0.6 is 0 Å². The van der Waals surface area contributed by atoms with Crippen LogP contribution in [0.1, 0.15) is 33.4 Å². The minimum atomic E-state index is -1.01. The molecule has 2 aromatic rings. The number of carboxylic acid groups (broad SMARTS) is 1. The summed E-state index contributed by atoms with van der Waals surface area (Å²) < 4.78 is 16.1. The summed E-state index contributed by atoms with van der Waals surface area (Å²) in [6, 6.07) is 9.43. The molecule has 1 aliphatic rings. The van der Waals surface area contributed by atoms with Crippen molar-refractivity contribution in [2.24, 2.45) is 0 Å². The van der Waals surface area contributed by atoms with E-state index in [2.05, 4.69) is 0 Å². The number of amides is 1. The summed E-state index contributed by atoms with van der Waals surface area (Å²) in [5, 5.41) is 9.95. The number of benzene rings is 2. The lowest BCUT2D eigenvalue weighted by Gasteiger charge is -2.38. The molecule has 1 aliphatic heterocycles. The number of nitrogens with zero attached hydrogens (tertiary/aromatic N) is 1. The quantitative estimate of drug-likeness (QED) is 0.870. The molecule has 1 amide bonds. The van der Waals surface area contributed by atoms with Gasteiger partial charge in [-0.05, 0) is 29.3 Å². The summed E-state index contributed by atoms with van der Waals surface area (Å²) in [6.45, 7) is 0. The second kappa shape index (κ2) is 7.19. The van der Waals surface area contributed by atoms with E-state index in [9.17, 15) is 14.7 Å². The summed E-state index contributed by atoms with van der Waals surface area (Å²) in [4.78, 5) is 26.5. The molecule has 0 radical (unpaired) electrons. The van der Waals surface area contributed by atoms with Crippen LogP contribution in [0.15, 0.2) is 36.4 Å². The third-order valence-corrected chi connectivity index (χ3v) is 4.87. The maximum absolute atomic E-state index is 12.8. The lowest BCUT2D eigenvalue weighted by atomic mass is 9.80. The summed E-state index contributed by atoms with van der Waals surface area (Å²) in [5.41, 5.74) is 1.48. The van der Waals surface area contributed by atoms with E-state index >= 15 is 0 Å². The number of carbonyl (C=O) groups excluding carboxylic acids is 1. The normalized spacial score (nSPS) is 18.7. The van der Waals surface area contributed by atoms with Crippen LogP contribution in [-0.4, -0.2) is 50.3 Å². The van der Waals surface area contributed by atoms with Crippen LogP contribution in [0.2, 0.25) is 0 Å². The second-order valence-electron chi connectivity index (χ2n) is 6.22. The zero-order chi connectivity index (χ0) is 19.7. The summed E-state index contributed by atoms with van der Waals surface area (Å²) in [6.07, 6.45) is 0. The fraction of sp³-hybridized carbons (Fsp3) is 0.300. The number of carboxylic acids is 1. The van der Waals surface area contributed by atoms with Gasteiger partial charge in [-0.25, -0.2) is 0 Å². The van der Waals surface area contributed by atoms with Gasteiger partial charge in [-0.2, -0.15) is 0 Å². The predicted molar refractivity (Wildman–Crippen MR) is 97.8 cm³/mol. The molecule has 7 heteroatoms. The summed E-state index contributed by atoms with van der Waals surface area (Å²) in [5.74, 6) is -0.971. The van der Waals surface area contributed by atoms with Crippen LogP contribution in [0.4, 0.5) is 0 Å². The Morgan fingerprint density at radius 3 is 2.15 bits per heavy atom. The standard InChI is InChI=1S/C20H21NO6/c1-21-17(11-9-14(25-2)18(27-4)15(10-11)26-3)16(20(23)24)12-7-5-6-8-13(12)19(21)22/h5-10,16-17H,1-4H3,(H,23,24)/t16-,17+/m0/s1. The first-order chi connectivity index (χ1) is 12.9. The smallest absolute Gasteiger partial charge is 0.313 e. The van der Waals surface area contributed by atoms with Crippen LogP contribution in [0.25, 0.3) is 0 Å². The van der Waals surface area contributed by atoms with E-state index in [-0.39, 0.29) is 5.91 Å². The molecule has 2 atom stereocenters. The lowest BCUT2D eigenvalue weighted by molar-refractivity contribution is -0.140. The Hall–Kier alpha value is -3.22. The molecule has 1 heterocycles. The molecule has 0 unspecified atom stereocenters. The minimum Gasteiger partial charge on any atom is -0.493 e. The lowest BCUT2D eigenvalue weighted by Crippen LogP contribution is -2.42. The number of hydrogen-bond acceptors (Lipinski definition) is 5. The molecule has 2 aromatic carbocycles. The Balaban J connectivity index is 2.23. The fourth-order valence-electron chi connectivity index (χ4n) is 3.63. The van der Waals surface area contributed by atoms with Gasteiger partial charge in [0.1, 0.15) is 5.92 Å². The molecule has 0 saturated heterocycles. The molecular formula is C20H21NO6. The molecule has 0 bridgehead atoms. The topological polar surface area (TPSA) is 85.3 Å². The van der Waals surface area contributed by atoms with Crippen LogP contribution < -0.4 is 14.2 Å². The van der Waals surface area contributed by atoms with E-state index in [0.717, 1.165) is 0 Å². The van der Waals surface area contributed by atoms with Gasteiger partial charge < -0.3 is 24.2 Å². The van der Waals surface area contributed by atoms with Gasteiger partial charge in [0.2, 0.25) is 5.75 Å². The van der Waals surface area contributed by atoms with Gasteiger partial charge in [-0.15, -0.1) is 0 Å². The molecule has 27 heavy (non-hydrogen) atoms. The Bertz CT molecular complexity index is 869. The first-order valence-electron chi connectivity index (χ1n) is 8.33. The van der Waals surface area contributed by atoms with Crippen molar-refractivity contribution in [1.82, 2.24) is 4.90 Å². The monoisotopic (exact) mass is 371 g/mol. The van der Waals surface area contributed by atoms with Gasteiger partial charge in [0, 0.05) is 12.6 Å². The van der Waals surface area contributed by atoms with Crippen molar-refractivity contribution in [3.05, 3.63) is 53.1 Å². The first kappa shape index (κ1) is 18.6. The number of likely N-dealkylation sites (N-methyl/N-ethyl adjacent to an activating group) is 1. The van der Waals surface area contributed by atoms with Crippen LogP contribution in [0, 0.1) is 0 Å². The number of carbonyl (C=O) groups is 2. The van der Waals surface area contributed by atoms with Gasteiger partial charge in [-0.3, -0.25) is 9.59 Å². The Labute approximate surface area is 157 Å². The zero-order valence-electron chi connectivity index (χ0n) is 15.6. The van der Waals surface area contributed by atoms with Crippen LogP contribution in [0.3, 0.4) is 0 Å². The molecule has 3 rings (SSSR count). The van der Waals surface area contributed by atoms with Crippen LogP contribution in [0.5, 0.6) is 17.2 Å². The predicted octanol–water partition coefficient (Wildman–Crippen LogP) is 2.71. The number of ether oxygens (including phenoxy) is 3. The number of aliphatic carboxylic acids is 1. The van der Waals surface area contributed by atoms with Gasteiger partial charge in [0.25, 0.3) is 5.91 Å². The summed E-state index contributed by atoms with van der Waals surface area (Å²) >= 11 is 0. The Morgan fingerprint density at radius 2 is 1.63 bits per heavy atom. The average Bonchev–Trinajstić information content (AvgIpc) is 2.68. The van der Waals surface area contributed by atoms with Gasteiger partial charge in [-0.1, -0.05) is 18.2 Å². The third kappa shape index (κ3) is 2.95. The Morgan fingerprint density at radius 1 is 1.04 bits per heavy atom. The minimum absolute atomic E-state index is 0.234. The first-order valence-corrected chi connectivity index (χ1v) is 8.33. The maximum atomic E-state index is 12.8. The highest BCUT2D eigenvalue weighted by Crippen LogP contribution is 2.46. The van der Waals surface area contributed by atoms with E-state index in [1.54, 1.807) is 43.4 Å². The third-order valence-electron chi connectivity index (χ3n) is 4.87. The molecule has 0 aromatic heterocycles. The number of hydrogen-bond donors (Lipinski definition) is 1. The van der Waals surface area contributed by atoms with Crippen LogP contribution in [-0.2, 0) is 4.79 Å². The van der Waals surface area contributed by atoms with Crippen molar-refractivity contribution < 1.29 is 28.9 Å². The number of rotatable bonds is 5. The van der Waals surface area contributed by atoms with E-state index in [4.69, 9.17) is 14.2 Å². The van der Waals surface area contributed by atoms with Crippen molar-refractivity contribution in [2.45, 2.75) is 12.0 Å². The van der Waals surface area contributed by atoms with E-state index < -0.39 is 17.9 Å². The molecule has 1 N–H and O–H groups in total. The maximum Gasteiger partial charge on any atom is 0.313 e. The molecule has 0 fully saturated rings. The van der Waals surface area contributed by atoms with Gasteiger partial charge in [0.05, 0.1) is 27.4 Å². The highest BCUT2D eigenvalue weighted by molar-refractivity contribution is 6.00. The Kier molecular flexibility index (Phi) is 4.94. The van der Waals surface area contributed by atoms with E-state index in [0.29, 0.717) is 33.9 Å². The highest BCUT2D eigenvalue weighted by atomic mass is 16.5. The summed E-state index contributed by atoms with van der Waals surface area (Å²) in [7, 11) is 6.07. The van der Waals surface area contributed by atoms with Crippen molar-refractivity contribution >= 4 is 11.9 Å². The van der Waals surface area contributed by atoms with Crippen molar-refractivity contribution in [2.75, 3.05) is 28.4 Å². The second-order valence-corrected chi connectivity index (χ2v) is 6.22. The molecular weight excluding hydrogens is 350 g/mol. The molecule has 142 valence electrons. The fourth-order valence-corrected chi connectivity index (χ4v) is 3.63. The number of fused-ring (bicyclic) bond motifs is 1. The molecule has 0 aliphatic carbocycles. The van der Waals surface area contributed by atoms with E-state index in [1.165, 1.54) is 26.2 Å². The average molecular weight is 371 g/mol. The van der Waals surface area contributed by atoms with Crippen molar-refractivity contribution in [3.63, 3.8) is 0 Å². The molecule has 0 saturated carbocycles. The van der Waals surface area contributed by atoms with Gasteiger partial charge >= 0.3 is 5.97 Å². The molecule has 7 nitrogen and oxygen atoms in total. The highest BCUT2D eigenvalue weighted by Gasteiger charge is 2.43.